The van der Waals surface area contributed by atoms with Crippen LogP contribution in [-0.4, -0.2) is 16.8 Å². The second-order valence-corrected chi connectivity index (χ2v) is 2.56. The van der Waals surface area contributed by atoms with Gasteiger partial charge in [0, 0.05) is 6.07 Å². The molecule has 0 aliphatic carbocycles. The van der Waals surface area contributed by atoms with Crippen LogP contribution in [0.4, 0.5) is 0 Å². The van der Waals surface area contributed by atoms with Crippen molar-refractivity contribution in [2.75, 3.05) is 6.61 Å². The molecule has 1 aromatic rings. The van der Waals surface area contributed by atoms with Gasteiger partial charge in [0.1, 0.15) is 6.61 Å². The molecule has 3 nitrogen and oxygen atoms in total. The third kappa shape index (κ3) is 2.26. The molecule has 12 heavy (non-hydrogen) atoms. The Hall–Kier alpha value is -0.980. The van der Waals surface area contributed by atoms with E-state index < -0.39 is 0 Å². The van der Waals surface area contributed by atoms with E-state index >= 15 is 0 Å². The molecular weight excluding hydrogens is 199 g/mol. The number of hydrogen-bond acceptors (Lipinski definition) is 3. The highest BCUT2D eigenvalue weighted by molar-refractivity contribution is 6.32. The zero-order valence-electron chi connectivity index (χ0n) is 5.92. The van der Waals surface area contributed by atoms with Crippen LogP contribution in [0.15, 0.2) is 6.07 Å². The van der Waals surface area contributed by atoms with Crippen molar-refractivity contribution in [3.05, 3.63) is 16.4 Å². The fourth-order valence-electron chi connectivity index (χ4n) is 0.558. The van der Waals surface area contributed by atoms with Gasteiger partial charge in [-0.2, -0.15) is 0 Å². The Balaban J connectivity index is 2.84. The van der Waals surface area contributed by atoms with Crippen LogP contribution in [0.3, 0.4) is 0 Å². The van der Waals surface area contributed by atoms with E-state index in [0.717, 1.165) is 0 Å². The molecule has 0 aromatic carbocycles. The molecule has 0 amide bonds. The molecule has 0 N–H and O–H groups in total. The fourth-order valence-corrected chi connectivity index (χ4v) is 0.842. The highest BCUT2D eigenvalue weighted by atomic mass is 35.5. The molecule has 0 saturated heterocycles. The Kier molecular flexibility index (Phi) is 3.15. The molecular formula is C7H4Cl2N2O. The van der Waals surface area contributed by atoms with E-state index in [1.807, 2.05) is 0 Å². The van der Waals surface area contributed by atoms with E-state index in [2.05, 4.69) is 16.1 Å². The maximum absolute atomic E-state index is 5.61. The lowest BCUT2D eigenvalue weighted by molar-refractivity contribution is 0.368. The van der Waals surface area contributed by atoms with Gasteiger partial charge in [-0.05, 0) is 0 Å². The van der Waals surface area contributed by atoms with Gasteiger partial charge in [0.15, 0.2) is 16.1 Å². The van der Waals surface area contributed by atoms with Crippen molar-refractivity contribution in [1.82, 2.24) is 10.2 Å². The van der Waals surface area contributed by atoms with Gasteiger partial charge in [0.2, 0.25) is 0 Å². The van der Waals surface area contributed by atoms with Gasteiger partial charge in [-0.1, -0.05) is 29.1 Å². The smallest absolute Gasteiger partial charge is 0.193 e. The van der Waals surface area contributed by atoms with Gasteiger partial charge in [-0.3, -0.25) is 0 Å². The molecule has 0 aliphatic rings. The summed E-state index contributed by atoms with van der Waals surface area (Å²) in [5, 5.41) is 7.38. The average molecular weight is 203 g/mol. The summed E-state index contributed by atoms with van der Waals surface area (Å²) in [6.07, 6.45) is 4.98. The quantitative estimate of drug-likeness (QED) is 0.687. The second-order valence-electron chi connectivity index (χ2n) is 1.81. The molecule has 0 spiro atoms. The summed E-state index contributed by atoms with van der Waals surface area (Å²) in [4.78, 5) is 0. The Bertz CT molecular complexity index is 322. The first kappa shape index (κ1) is 9.11. The molecule has 0 bridgehead atoms. The average Bonchev–Trinajstić information content (AvgIpc) is 2.07. The van der Waals surface area contributed by atoms with Crippen molar-refractivity contribution < 1.29 is 4.74 Å². The second kappa shape index (κ2) is 4.15. The first-order valence-electron chi connectivity index (χ1n) is 2.99. The molecule has 1 aromatic heterocycles. The van der Waals surface area contributed by atoms with Gasteiger partial charge >= 0.3 is 0 Å². The number of aromatic nitrogens is 2. The number of hydrogen-bond donors (Lipinski definition) is 0. The maximum atomic E-state index is 5.61. The van der Waals surface area contributed by atoms with Gasteiger partial charge in [-0.25, -0.2) is 0 Å². The van der Waals surface area contributed by atoms with Crippen LogP contribution in [0.5, 0.6) is 5.75 Å². The van der Waals surface area contributed by atoms with Crippen LogP contribution in [0.25, 0.3) is 0 Å². The van der Waals surface area contributed by atoms with E-state index in [0.29, 0.717) is 5.75 Å². The first-order chi connectivity index (χ1) is 5.74. The monoisotopic (exact) mass is 202 g/mol. The maximum Gasteiger partial charge on any atom is 0.193 e. The first-order valence-corrected chi connectivity index (χ1v) is 3.74. The zero-order chi connectivity index (χ0) is 8.97. The molecule has 0 aliphatic heterocycles. The highest BCUT2D eigenvalue weighted by Gasteiger charge is 2.03. The third-order valence-electron chi connectivity index (χ3n) is 0.998. The Morgan fingerprint density at radius 2 is 2.25 bits per heavy atom. The molecule has 1 rings (SSSR count). The van der Waals surface area contributed by atoms with E-state index in [1.165, 1.54) is 6.07 Å². The normalized spacial score (nSPS) is 9.08. The Labute approximate surface area is 79.7 Å². The van der Waals surface area contributed by atoms with Gasteiger partial charge in [0.25, 0.3) is 0 Å². The third-order valence-corrected chi connectivity index (χ3v) is 1.44. The number of halogens is 2. The van der Waals surface area contributed by atoms with Gasteiger partial charge in [-0.15, -0.1) is 16.6 Å². The predicted octanol–water partition coefficient (Wildman–Crippen LogP) is 1.80. The standard InChI is InChI=1S/C7H4Cl2N2O/c1-2-3-12-5-4-6(8)10-11-7(5)9/h1,4H,3H2. The zero-order valence-corrected chi connectivity index (χ0v) is 7.43. The van der Waals surface area contributed by atoms with Crippen LogP contribution in [0, 0.1) is 12.3 Å². The predicted molar refractivity (Wildman–Crippen MR) is 46.4 cm³/mol. The van der Waals surface area contributed by atoms with Crippen LogP contribution < -0.4 is 4.74 Å². The van der Waals surface area contributed by atoms with Crippen molar-refractivity contribution in [2.24, 2.45) is 0 Å². The molecule has 0 unspecified atom stereocenters. The molecule has 0 saturated carbocycles. The lowest BCUT2D eigenvalue weighted by atomic mass is 10.5. The summed E-state index contributed by atoms with van der Waals surface area (Å²) in [5.41, 5.74) is 0. The van der Waals surface area contributed by atoms with Gasteiger partial charge in [0.05, 0.1) is 0 Å². The van der Waals surface area contributed by atoms with E-state index in [9.17, 15) is 0 Å². The summed E-state index contributed by atoms with van der Waals surface area (Å²) in [6.45, 7) is 0.127. The molecule has 62 valence electrons. The molecule has 5 heteroatoms. The van der Waals surface area contributed by atoms with Gasteiger partial charge < -0.3 is 4.74 Å². The van der Waals surface area contributed by atoms with Crippen LogP contribution >= 0.6 is 23.2 Å². The number of terminal acetylenes is 1. The highest BCUT2D eigenvalue weighted by Crippen LogP contribution is 2.22. The Morgan fingerprint density at radius 1 is 1.50 bits per heavy atom. The lowest BCUT2D eigenvalue weighted by Crippen LogP contribution is -1.96. The van der Waals surface area contributed by atoms with Crippen LogP contribution in [0.2, 0.25) is 10.3 Å². The van der Waals surface area contributed by atoms with Crippen LogP contribution in [0.1, 0.15) is 0 Å². The number of rotatable bonds is 2. The van der Waals surface area contributed by atoms with Crippen molar-refractivity contribution in [1.29, 1.82) is 0 Å². The molecule has 0 fully saturated rings. The Morgan fingerprint density at radius 3 is 2.92 bits per heavy atom. The summed E-state index contributed by atoms with van der Waals surface area (Å²) in [6, 6.07) is 1.45. The van der Waals surface area contributed by atoms with Crippen molar-refractivity contribution in [3.63, 3.8) is 0 Å². The number of nitrogens with zero attached hydrogens (tertiary/aromatic N) is 2. The SMILES string of the molecule is C#CCOc1cc(Cl)nnc1Cl. The topological polar surface area (TPSA) is 35.0 Å². The summed E-state index contributed by atoms with van der Waals surface area (Å²) >= 11 is 11.1. The van der Waals surface area contributed by atoms with E-state index in [-0.39, 0.29) is 16.9 Å². The minimum absolute atomic E-state index is 0.127. The fraction of sp³-hybridized carbons (Fsp3) is 0.143. The molecule has 0 radical (unpaired) electrons. The van der Waals surface area contributed by atoms with Crippen molar-refractivity contribution in [2.45, 2.75) is 0 Å². The van der Waals surface area contributed by atoms with E-state index in [4.69, 9.17) is 34.4 Å². The molecule has 1 heterocycles. The summed E-state index contributed by atoms with van der Waals surface area (Å²) < 4.78 is 5.01. The summed E-state index contributed by atoms with van der Waals surface area (Å²) in [5.74, 6) is 2.63. The minimum Gasteiger partial charge on any atom is -0.478 e. The van der Waals surface area contributed by atoms with Crippen molar-refractivity contribution in [3.8, 4) is 18.1 Å². The van der Waals surface area contributed by atoms with Crippen LogP contribution in [-0.2, 0) is 0 Å². The number of ether oxygens (including phenoxy) is 1. The molecule has 0 atom stereocenters. The summed E-state index contributed by atoms with van der Waals surface area (Å²) in [7, 11) is 0. The van der Waals surface area contributed by atoms with Crippen molar-refractivity contribution >= 4 is 23.2 Å². The minimum atomic E-state index is 0.127. The lowest BCUT2D eigenvalue weighted by Gasteiger charge is -2.02. The largest absolute Gasteiger partial charge is 0.478 e. The van der Waals surface area contributed by atoms with E-state index in [1.54, 1.807) is 0 Å².